The van der Waals surface area contributed by atoms with Crippen LogP contribution >= 0.6 is 0 Å². The monoisotopic (exact) mass is 238 g/mol. The van der Waals surface area contributed by atoms with Gasteiger partial charge in [0.1, 0.15) is 0 Å². The van der Waals surface area contributed by atoms with Crippen molar-refractivity contribution in [3.8, 4) is 0 Å². The van der Waals surface area contributed by atoms with Gasteiger partial charge >= 0.3 is 0 Å². The van der Waals surface area contributed by atoms with Crippen molar-refractivity contribution in [1.29, 1.82) is 0 Å². The lowest BCUT2D eigenvalue weighted by Gasteiger charge is -2.33. The first-order valence-electron chi connectivity index (χ1n) is 6.10. The van der Waals surface area contributed by atoms with E-state index in [0.717, 1.165) is 24.8 Å². The molecule has 92 valence electrons. The molecule has 0 amide bonds. The van der Waals surface area contributed by atoms with Crippen molar-refractivity contribution >= 4 is 0 Å². The van der Waals surface area contributed by atoms with Gasteiger partial charge in [-0.3, -0.25) is 0 Å². The van der Waals surface area contributed by atoms with Crippen molar-refractivity contribution in [3.63, 3.8) is 0 Å². The van der Waals surface area contributed by atoms with Gasteiger partial charge in [0, 0.05) is 24.0 Å². The van der Waals surface area contributed by atoms with E-state index in [2.05, 4.69) is 5.32 Å². The summed E-state index contributed by atoms with van der Waals surface area (Å²) in [5.41, 5.74) is 6.61. The first-order valence-corrected chi connectivity index (χ1v) is 6.10. The average molecular weight is 238 g/mol. The fourth-order valence-electron chi connectivity index (χ4n) is 2.59. The van der Waals surface area contributed by atoms with Crippen LogP contribution in [0.2, 0.25) is 0 Å². The lowest BCUT2D eigenvalue weighted by molar-refractivity contribution is 0.289. The maximum Gasteiger partial charge on any atom is 0.159 e. The molecule has 1 aromatic rings. The van der Waals surface area contributed by atoms with E-state index >= 15 is 0 Å². The van der Waals surface area contributed by atoms with Gasteiger partial charge in [-0.25, -0.2) is 8.78 Å². The SMILES string of the molecule is N[C@H]1C[C@H](N[C@H]2C[C@@H]2c2ccc(F)c(F)c2)C1. The Morgan fingerprint density at radius 3 is 2.53 bits per heavy atom. The number of rotatable bonds is 3. The molecular weight excluding hydrogens is 222 g/mol. The summed E-state index contributed by atoms with van der Waals surface area (Å²) in [6.07, 6.45) is 3.07. The molecular formula is C13H16F2N2. The topological polar surface area (TPSA) is 38.0 Å². The van der Waals surface area contributed by atoms with Crippen molar-refractivity contribution in [1.82, 2.24) is 5.32 Å². The second-order valence-corrected chi connectivity index (χ2v) is 5.22. The zero-order valence-corrected chi connectivity index (χ0v) is 9.50. The van der Waals surface area contributed by atoms with Crippen LogP contribution in [0, 0.1) is 11.6 Å². The maximum atomic E-state index is 13.1. The van der Waals surface area contributed by atoms with Gasteiger partial charge in [-0.15, -0.1) is 0 Å². The van der Waals surface area contributed by atoms with Gasteiger partial charge in [0.2, 0.25) is 0 Å². The van der Waals surface area contributed by atoms with Gasteiger partial charge < -0.3 is 11.1 Å². The molecule has 4 heteroatoms. The van der Waals surface area contributed by atoms with E-state index in [1.807, 2.05) is 0 Å². The first-order chi connectivity index (χ1) is 8.13. The van der Waals surface area contributed by atoms with Crippen LogP contribution < -0.4 is 11.1 Å². The molecule has 2 atom stereocenters. The van der Waals surface area contributed by atoms with Crippen molar-refractivity contribution < 1.29 is 8.78 Å². The minimum absolute atomic E-state index is 0.335. The van der Waals surface area contributed by atoms with Gasteiger partial charge in [0.15, 0.2) is 11.6 Å². The van der Waals surface area contributed by atoms with Crippen molar-refractivity contribution in [2.24, 2.45) is 5.73 Å². The molecule has 3 N–H and O–H groups in total. The Morgan fingerprint density at radius 1 is 1.12 bits per heavy atom. The molecule has 2 saturated carbocycles. The van der Waals surface area contributed by atoms with E-state index in [0.29, 0.717) is 24.0 Å². The normalized spacial score (nSPS) is 35.5. The van der Waals surface area contributed by atoms with Crippen LogP contribution in [0.1, 0.15) is 30.7 Å². The molecule has 0 aromatic heterocycles. The highest BCUT2D eigenvalue weighted by Gasteiger charge is 2.41. The van der Waals surface area contributed by atoms with Crippen LogP contribution in [-0.4, -0.2) is 18.1 Å². The van der Waals surface area contributed by atoms with Gasteiger partial charge in [-0.1, -0.05) is 6.07 Å². The fourth-order valence-corrected chi connectivity index (χ4v) is 2.59. The molecule has 0 saturated heterocycles. The summed E-state index contributed by atoms with van der Waals surface area (Å²) >= 11 is 0. The van der Waals surface area contributed by atoms with Crippen LogP contribution in [0.5, 0.6) is 0 Å². The highest BCUT2D eigenvalue weighted by molar-refractivity contribution is 5.29. The van der Waals surface area contributed by atoms with E-state index in [9.17, 15) is 8.78 Å². The smallest absolute Gasteiger partial charge is 0.159 e. The number of benzene rings is 1. The minimum atomic E-state index is -0.774. The quantitative estimate of drug-likeness (QED) is 0.844. The van der Waals surface area contributed by atoms with Crippen LogP contribution in [0.15, 0.2) is 18.2 Å². The Kier molecular flexibility index (Phi) is 2.64. The van der Waals surface area contributed by atoms with E-state index in [1.54, 1.807) is 6.07 Å². The van der Waals surface area contributed by atoms with Crippen molar-refractivity contribution in [2.45, 2.75) is 43.3 Å². The molecule has 3 rings (SSSR count). The highest BCUT2D eigenvalue weighted by Crippen LogP contribution is 2.42. The number of nitrogens with one attached hydrogen (secondary N) is 1. The minimum Gasteiger partial charge on any atom is -0.328 e. The second kappa shape index (κ2) is 4.03. The second-order valence-electron chi connectivity index (χ2n) is 5.22. The summed E-state index contributed by atoms with van der Waals surface area (Å²) in [5.74, 6) is -1.19. The average Bonchev–Trinajstić information content (AvgIpc) is 2.99. The molecule has 1 aromatic carbocycles. The number of hydrogen-bond donors (Lipinski definition) is 2. The first kappa shape index (κ1) is 11.1. The Bertz CT molecular complexity index is 429. The van der Waals surface area contributed by atoms with E-state index in [-0.39, 0.29) is 0 Å². The number of halogens is 2. The van der Waals surface area contributed by atoms with E-state index < -0.39 is 11.6 Å². The molecule has 2 fully saturated rings. The Labute approximate surface area is 99.2 Å². The largest absolute Gasteiger partial charge is 0.328 e. The zero-order valence-electron chi connectivity index (χ0n) is 9.50. The summed E-state index contributed by atoms with van der Waals surface area (Å²) in [5, 5.41) is 3.51. The molecule has 2 nitrogen and oxygen atoms in total. The van der Waals surface area contributed by atoms with E-state index in [4.69, 9.17) is 5.73 Å². The third kappa shape index (κ3) is 2.19. The third-order valence-electron chi connectivity index (χ3n) is 3.79. The van der Waals surface area contributed by atoms with Gasteiger partial charge in [0.05, 0.1) is 0 Å². The Hall–Kier alpha value is -1.00. The number of hydrogen-bond acceptors (Lipinski definition) is 2. The molecule has 0 radical (unpaired) electrons. The molecule has 2 aliphatic carbocycles. The van der Waals surface area contributed by atoms with Crippen LogP contribution in [0.4, 0.5) is 8.78 Å². The van der Waals surface area contributed by atoms with Gasteiger partial charge in [-0.05, 0) is 37.0 Å². The van der Waals surface area contributed by atoms with Crippen molar-refractivity contribution in [3.05, 3.63) is 35.4 Å². The maximum absolute atomic E-state index is 13.1. The summed E-state index contributed by atoms with van der Waals surface area (Å²) < 4.78 is 25.9. The summed E-state index contributed by atoms with van der Waals surface area (Å²) in [6, 6.07) is 5.47. The number of nitrogens with two attached hydrogens (primary N) is 1. The predicted octanol–water partition coefficient (Wildman–Crippen LogP) is 1.90. The molecule has 2 aliphatic rings. The standard InChI is InChI=1S/C13H16F2N2/c14-11-2-1-7(3-12(11)15)10-6-13(10)17-9-4-8(16)5-9/h1-3,8-10,13,17H,4-6,16H2/t8-,9-,10-,13+/m1/s1. The molecule has 0 bridgehead atoms. The lowest BCUT2D eigenvalue weighted by Crippen LogP contribution is -2.49. The Balaban J connectivity index is 1.58. The molecule has 0 spiro atoms. The van der Waals surface area contributed by atoms with E-state index in [1.165, 1.54) is 12.1 Å². The summed E-state index contributed by atoms with van der Waals surface area (Å²) in [6.45, 7) is 0. The summed E-state index contributed by atoms with van der Waals surface area (Å²) in [7, 11) is 0. The fraction of sp³-hybridized carbons (Fsp3) is 0.538. The third-order valence-corrected chi connectivity index (χ3v) is 3.79. The molecule has 0 aliphatic heterocycles. The summed E-state index contributed by atoms with van der Waals surface area (Å²) in [4.78, 5) is 0. The zero-order chi connectivity index (χ0) is 12.0. The molecule has 0 heterocycles. The van der Waals surface area contributed by atoms with Crippen LogP contribution in [0.25, 0.3) is 0 Å². The van der Waals surface area contributed by atoms with Crippen LogP contribution in [0.3, 0.4) is 0 Å². The highest BCUT2D eigenvalue weighted by atomic mass is 19.2. The predicted molar refractivity (Wildman–Crippen MR) is 61.6 cm³/mol. The Morgan fingerprint density at radius 2 is 1.88 bits per heavy atom. The van der Waals surface area contributed by atoms with Gasteiger partial charge in [-0.2, -0.15) is 0 Å². The van der Waals surface area contributed by atoms with Gasteiger partial charge in [0.25, 0.3) is 0 Å². The van der Waals surface area contributed by atoms with Crippen molar-refractivity contribution in [2.75, 3.05) is 0 Å². The molecule has 17 heavy (non-hydrogen) atoms. The van der Waals surface area contributed by atoms with Crippen LogP contribution in [-0.2, 0) is 0 Å². The lowest BCUT2D eigenvalue weighted by atomic mass is 9.87. The molecule has 0 unspecified atom stereocenters.